The lowest BCUT2D eigenvalue weighted by Crippen LogP contribution is -2.44. The lowest BCUT2D eigenvalue weighted by Gasteiger charge is -2.21. The Morgan fingerprint density at radius 1 is 1.00 bits per heavy atom. The number of piperidine rings is 1. The van der Waals surface area contributed by atoms with E-state index >= 15 is 0 Å². The summed E-state index contributed by atoms with van der Waals surface area (Å²) in [6, 6.07) is 13.3. The number of amides is 2. The summed E-state index contributed by atoms with van der Waals surface area (Å²) in [4.78, 5) is 26.7. The van der Waals surface area contributed by atoms with Crippen LogP contribution in [0.3, 0.4) is 0 Å². The Labute approximate surface area is 134 Å². The molecule has 2 unspecified atom stereocenters. The third-order valence-corrected chi connectivity index (χ3v) is 4.49. The van der Waals surface area contributed by atoms with Crippen molar-refractivity contribution in [2.24, 2.45) is 5.92 Å². The second kappa shape index (κ2) is 5.71. The van der Waals surface area contributed by atoms with Crippen molar-refractivity contribution in [3.8, 4) is 0 Å². The van der Waals surface area contributed by atoms with Gasteiger partial charge in [-0.3, -0.25) is 9.59 Å². The molecule has 0 aromatic heterocycles. The minimum absolute atomic E-state index is 0. The van der Waals surface area contributed by atoms with E-state index in [2.05, 4.69) is 5.32 Å². The zero-order valence-electron chi connectivity index (χ0n) is 12.0. The van der Waals surface area contributed by atoms with Crippen molar-refractivity contribution in [2.45, 2.75) is 18.9 Å². The minimum Gasteiger partial charge on any atom is -0.305 e. The molecule has 2 atom stereocenters. The van der Waals surface area contributed by atoms with Crippen LogP contribution in [0.1, 0.15) is 12.8 Å². The SMILES string of the molecule is Cl.O=C1C2CCCNC2C(=O)N1c1cccc2ccccc12. The van der Waals surface area contributed by atoms with Crippen molar-refractivity contribution in [3.63, 3.8) is 0 Å². The molecule has 0 saturated carbocycles. The van der Waals surface area contributed by atoms with Gasteiger partial charge in [0, 0.05) is 5.39 Å². The molecule has 5 heteroatoms. The topological polar surface area (TPSA) is 49.4 Å². The number of halogens is 1. The highest BCUT2D eigenvalue weighted by molar-refractivity contribution is 6.26. The molecule has 0 radical (unpaired) electrons. The summed E-state index contributed by atoms with van der Waals surface area (Å²) >= 11 is 0. The van der Waals surface area contributed by atoms with Crippen molar-refractivity contribution in [2.75, 3.05) is 11.4 Å². The van der Waals surface area contributed by atoms with Crippen molar-refractivity contribution in [3.05, 3.63) is 42.5 Å². The number of benzene rings is 2. The van der Waals surface area contributed by atoms with Crippen LogP contribution >= 0.6 is 12.4 Å². The molecular formula is C17H17ClN2O2. The predicted octanol–water partition coefficient (Wildman–Crippen LogP) is 2.50. The van der Waals surface area contributed by atoms with Crippen molar-refractivity contribution in [1.82, 2.24) is 5.32 Å². The van der Waals surface area contributed by atoms with Crippen LogP contribution in [-0.4, -0.2) is 24.4 Å². The quantitative estimate of drug-likeness (QED) is 0.822. The van der Waals surface area contributed by atoms with Crippen LogP contribution in [0.2, 0.25) is 0 Å². The van der Waals surface area contributed by atoms with Gasteiger partial charge in [-0.15, -0.1) is 12.4 Å². The first-order chi connectivity index (χ1) is 10.3. The molecule has 2 aromatic rings. The standard InChI is InChI=1S/C17H16N2O2.ClH/c20-16-13-8-4-10-18-15(13)17(21)19(16)14-9-3-6-11-5-1-2-7-12(11)14;/h1-3,5-7,9,13,15,18H,4,8,10H2;1H. The zero-order valence-corrected chi connectivity index (χ0v) is 12.8. The molecule has 2 amide bonds. The summed E-state index contributed by atoms with van der Waals surface area (Å²) in [6.07, 6.45) is 1.74. The van der Waals surface area contributed by atoms with Crippen LogP contribution in [0, 0.1) is 5.92 Å². The molecule has 4 nitrogen and oxygen atoms in total. The number of imide groups is 1. The van der Waals surface area contributed by atoms with Gasteiger partial charge in [0.05, 0.1) is 17.6 Å². The molecule has 2 heterocycles. The third kappa shape index (κ3) is 2.11. The maximum Gasteiger partial charge on any atom is 0.251 e. The fraction of sp³-hybridized carbons (Fsp3) is 0.294. The van der Waals surface area contributed by atoms with E-state index < -0.39 is 0 Å². The molecule has 22 heavy (non-hydrogen) atoms. The van der Waals surface area contributed by atoms with Gasteiger partial charge in [0.25, 0.3) is 5.91 Å². The number of anilines is 1. The first kappa shape index (κ1) is 15.0. The third-order valence-electron chi connectivity index (χ3n) is 4.49. The van der Waals surface area contributed by atoms with Crippen molar-refractivity contribution >= 4 is 40.7 Å². The highest BCUT2D eigenvalue weighted by atomic mass is 35.5. The van der Waals surface area contributed by atoms with E-state index in [-0.39, 0.29) is 36.2 Å². The Bertz CT molecular complexity index is 717. The number of carbonyl (C=O) groups excluding carboxylic acids is 2. The maximum absolute atomic E-state index is 12.7. The molecule has 0 bridgehead atoms. The molecule has 2 fully saturated rings. The Morgan fingerprint density at radius 2 is 1.77 bits per heavy atom. The molecule has 0 aliphatic carbocycles. The highest BCUT2D eigenvalue weighted by Gasteiger charge is 2.49. The largest absolute Gasteiger partial charge is 0.305 e. The summed E-state index contributed by atoms with van der Waals surface area (Å²) in [5.41, 5.74) is 0.708. The number of nitrogens with one attached hydrogen (secondary N) is 1. The van der Waals surface area contributed by atoms with Crippen LogP contribution in [-0.2, 0) is 9.59 Å². The second-order valence-electron chi connectivity index (χ2n) is 5.69. The van der Waals surface area contributed by atoms with E-state index in [1.54, 1.807) is 0 Å². The van der Waals surface area contributed by atoms with E-state index in [1.807, 2.05) is 42.5 Å². The first-order valence-corrected chi connectivity index (χ1v) is 7.36. The molecule has 2 aliphatic rings. The van der Waals surface area contributed by atoms with E-state index in [0.717, 1.165) is 30.2 Å². The summed E-state index contributed by atoms with van der Waals surface area (Å²) in [7, 11) is 0. The second-order valence-corrected chi connectivity index (χ2v) is 5.69. The monoisotopic (exact) mass is 316 g/mol. The molecule has 114 valence electrons. The van der Waals surface area contributed by atoms with Crippen LogP contribution in [0.5, 0.6) is 0 Å². The molecule has 2 aromatic carbocycles. The first-order valence-electron chi connectivity index (χ1n) is 7.36. The zero-order chi connectivity index (χ0) is 14.4. The maximum atomic E-state index is 12.7. The minimum atomic E-state index is -0.342. The number of hydrogen-bond acceptors (Lipinski definition) is 3. The van der Waals surface area contributed by atoms with Crippen molar-refractivity contribution in [1.29, 1.82) is 0 Å². The number of carbonyl (C=O) groups is 2. The lowest BCUT2D eigenvalue weighted by atomic mass is 9.93. The highest BCUT2D eigenvalue weighted by Crippen LogP contribution is 2.35. The normalized spacial score (nSPS) is 24.3. The Hall–Kier alpha value is -1.91. The molecule has 0 spiro atoms. The van der Waals surface area contributed by atoms with Crippen LogP contribution < -0.4 is 10.2 Å². The number of fused-ring (bicyclic) bond motifs is 2. The van der Waals surface area contributed by atoms with Crippen LogP contribution in [0.25, 0.3) is 10.8 Å². The van der Waals surface area contributed by atoms with Gasteiger partial charge in [-0.2, -0.15) is 0 Å². The summed E-state index contributed by atoms with van der Waals surface area (Å²) in [5, 5.41) is 5.18. The smallest absolute Gasteiger partial charge is 0.251 e. The predicted molar refractivity (Wildman–Crippen MR) is 88.2 cm³/mol. The average molecular weight is 317 g/mol. The molecular weight excluding hydrogens is 300 g/mol. The van der Waals surface area contributed by atoms with Gasteiger partial charge in [-0.25, -0.2) is 4.90 Å². The van der Waals surface area contributed by atoms with Crippen molar-refractivity contribution < 1.29 is 9.59 Å². The summed E-state index contributed by atoms with van der Waals surface area (Å²) in [6.45, 7) is 0.809. The van der Waals surface area contributed by atoms with Gasteiger partial charge >= 0.3 is 0 Å². The van der Waals surface area contributed by atoms with E-state index in [9.17, 15) is 9.59 Å². The molecule has 1 N–H and O–H groups in total. The number of rotatable bonds is 1. The van der Waals surface area contributed by atoms with Gasteiger partial charge in [-0.1, -0.05) is 36.4 Å². The Balaban J connectivity index is 0.00000144. The van der Waals surface area contributed by atoms with Gasteiger partial charge in [-0.05, 0) is 30.8 Å². The Kier molecular flexibility index (Phi) is 3.89. The fourth-order valence-electron chi connectivity index (χ4n) is 3.47. The fourth-order valence-corrected chi connectivity index (χ4v) is 3.47. The Morgan fingerprint density at radius 3 is 2.59 bits per heavy atom. The van der Waals surface area contributed by atoms with Gasteiger partial charge in [0.2, 0.25) is 5.91 Å². The van der Waals surface area contributed by atoms with E-state index in [0.29, 0.717) is 5.69 Å². The van der Waals surface area contributed by atoms with Gasteiger partial charge in [0.15, 0.2) is 0 Å². The molecule has 4 rings (SSSR count). The lowest BCUT2D eigenvalue weighted by molar-refractivity contribution is -0.122. The molecule has 2 aliphatic heterocycles. The molecule has 2 saturated heterocycles. The van der Waals surface area contributed by atoms with Crippen LogP contribution in [0.4, 0.5) is 5.69 Å². The van der Waals surface area contributed by atoms with E-state index in [4.69, 9.17) is 0 Å². The van der Waals surface area contributed by atoms with E-state index in [1.165, 1.54) is 4.90 Å². The van der Waals surface area contributed by atoms with Gasteiger partial charge < -0.3 is 5.32 Å². The number of hydrogen-bond donors (Lipinski definition) is 1. The number of nitrogens with zero attached hydrogens (tertiary/aromatic N) is 1. The summed E-state index contributed by atoms with van der Waals surface area (Å²) in [5.74, 6) is -0.375. The summed E-state index contributed by atoms with van der Waals surface area (Å²) < 4.78 is 0. The van der Waals surface area contributed by atoms with Crippen LogP contribution in [0.15, 0.2) is 42.5 Å². The average Bonchev–Trinajstić information content (AvgIpc) is 2.79. The van der Waals surface area contributed by atoms with Gasteiger partial charge in [0.1, 0.15) is 0 Å².